The zero-order chi connectivity index (χ0) is 15.0. The van der Waals surface area contributed by atoms with Crippen LogP contribution in [0.15, 0.2) is 41.3 Å². The molecule has 3 aromatic heterocycles. The number of imidazole rings is 1. The molecule has 0 atom stereocenters. The van der Waals surface area contributed by atoms with E-state index >= 15 is 0 Å². The largest absolute Gasteiger partial charge is 0.489 e. The highest BCUT2D eigenvalue weighted by atomic mass is 79.9. The number of rotatable bonds is 3. The fourth-order valence-corrected chi connectivity index (χ4v) is 2.56. The number of hydrogen-bond acceptors (Lipinski definition) is 3. The van der Waals surface area contributed by atoms with Crippen molar-refractivity contribution in [2.45, 2.75) is 20.0 Å². The average molecular weight is 367 g/mol. The van der Waals surface area contributed by atoms with Gasteiger partial charge >= 0.3 is 0 Å². The van der Waals surface area contributed by atoms with E-state index in [9.17, 15) is 0 Å². The Kier molecular flexibility index (Phi) is 3.87. The van der Waals surface area contributed by atoms with Crippen LogP contribution in [-0.4, -0.2) is 20.5 Å². The fourth-order valence-electron chi connectivity index (χ4n) is 2.01. The minimum absolute atomic E-state index is 0.0612. The Bertz CT molecular complexity index is 801. The van der Waals surface area contributed by atoms with Gasteiger partial charge in [0.15, 0.2) is 0 Å². The van der Waals surface area contributed by atoms with Gasteiger partial charge in [0, 0.05) is 18.5 Å². The molecule has 3 aromatic rings. The Hall–Kier alpha value is -1.59. The number of hydrogen-bond donors (Lipinski definition) is 0. The van der Waals surface area contributed by atoms with E-state index in [0.29, 0.717) is 10.8 Å². The number of ether oxygens (including phenoxy) is 1. The van der Waals surface area contributed by atoms with E-state index in [2.05, 4.69) is 25.9 Å². The molecule has 0 unspecified atom stereocenters. The molecule has 0 N–H and O–H groups in total. The van der Waals surface area contributed by atoms with Crippen molar-refractivity contribution < 1.29 is 4.74 Å². The van der Waals surface area contributed by atoms with Crippen molar-refractivity contribution >= 4 is 33.2 Å². The van der Waals surface area contributed by atoms with Gasteiger partial charge in [-0.15, -0.1) is 0 Å². The molecule has 0 aromatic carbocycles. The molecule has 0 saturated heterocycles. The summed E-state index contributed by atoms with van der Waals surface area (Å²) in [6.45, 7) is 3.92. The van der Waals surface area contributed by atoms with Crippen LogP contribution in [0.5, 0.6) is 5.75 Å². The fraction of sp³-hybridized carbons (Fsp3) is 0.200. The zero-order valence-corrected chi connectivity index (χ0v) is 13.9. The van der Waals surface area contributed by atoms with Gasteiger partial charge in [-0.1, -0.05) is 17.7 Å². The molecule has 6 heteroatoms. The SMILES string of the molecule is CC(C)Oc1cc2nc(-c3cccc(Br)n3)cn2cc1Cl. The molecular formula is C15H13BrClN3O. The summed E-state index contributed by atoms with van der Waals surface area (Å²) < 4.78 is 8.32. The molecule has 4 nitrogen and oxygen atoms in total. The molecule has 0 spiro atoms. The van der Waals surface area contributed by atoms with Crippen LogP contribution >= 0.6 is 27.5 Å². The van der Waals surface area contributed by atoms with Crippen LogP contribution in [0.1, 0.15) is 13.8 Å². The van der Waals surface area contributed by atoms with Gasteiger partial charge in [-0.3, -0.25) is 0 Å². The van der Waals surface area contributed by atoms with E-state index in [0.717, 1.165) is 21.6 Å². The number of nitrogens with zero attached hydrogens (tertiary/aromatic N) is 3. The van der Waals surface area contributed by atoms with Crippen LogP contribution in [-0.2, 0) is 0 Å². The van der Waals surface area contributed by atoms with Gasteiger partial charge in [-0.25, -0.2) is 9.97 Å². The van der Waals surface area contributed by atoms with Gasteiger partial charge < -0.3 is 9.14 Å². The van der Waals surface area contributed by atoms with Crippen molar-refractivity contribution in [2.75, 3.05) is 0 Å². The Balaban J connectivity index is 2.08. The van der Waals surface area contributed by atoms with Gasteiger partial charge in [-0.2, -0.15) is 0 Å². The van der Waals surface area contributed by atoms with Gasteiger partial charge in [-0.05, 0) is 41.9 Å². The molecule has 0 bridgehead atoms. The third-order valence-electron chi connectivity index (χ3n) is 2.85. The van der Waals surface area contributed by atoms with Crippen LogP contribution in [0.2, 0.25) is 5.02 Å². The van der Waals surface area contributed by atoms with Crippen LogP contribution in [0.3, 0.4) is 0 Å². The molecule has 0 saturated carbocycles. The third kappa shape index (κ3) is 3.04. The van der Waals surface area contributed by atoms with E-state index in [1.807, 2.05) is 48.7 Å². The first-order valence-electron chi connectivity index (χ1n) is 6.51. The van der Waals surface area contributed by atoms with E-state index < -0.39 is 0 Å². The summed E-state index contributed by atoms with van der Waals surface area (Å²) in [5.74, 6) is 0.638. The average Bonchev–Trinajstić information content (AvgIpc) is 2.81. The standard InChI is InChI=1S/C15H13BrClN3O/c1-9(2)21-13-6-15-19-12(8-20(15)7-10(13)17)11-4-3-5-14(16)18-11/h3-9H,1-2H3. The third-order valence-corrected chi connectivity index (χ3v) is 3.57. The van der Waals surface area contributed by atoms with Gasteiger partial charge in [0.2, 0.25) is 0 Å². The van der Waals surface area contributed by atoms with E-state index in [1.165, 1.54) is 0 Å². The molecule has 0 amide bonds. The van der Waals surface area contributed by atoms with Crippen molar-refractivity contribution in [3.8, 4) is 17.1 Å². The molecular weight excluding hydrogens is 354 g/mol. The maximum atomic E-state index is 6.23. The molecule has 0 aliphatic heterocycles. The summed E-state index contributed by atoms with van der Waals surface area (Å²) in [5.41, 5.74) is 2.36. The minimum atomic E-state index is 0.0612. The predicted octanol–water partition coefficient (Wildman–Crippen LogP) is 4.60. The number of halogens is 2. The second-order valence-electron chi connectivity index (χ2n) is 4.89. The Morgan fingerprint density at radius 1 is 1.19 bits per heavy atom. The molecule has 21 heavy (non-hydrogen) atoms. The monoisotopic (exact) mass is 365 g/mol. The highest BCUT2D eigenvalue weighted by Crippen LogP contribution is 2.28. The van der Waals surface area contributed by atoms with E-state index in [4.69, 9.17) is 16.3 Å². The van der Waals surface area contributed by atoms with Crippen molar-refractivity contribution in [1.82, 2.24) is 14.4 Å². The lowest BCUT2D eigenvalue weighted by Gasteiger charge is -2.11. The van der Waals surface area contributed by atoms with Crippen LogP contribution in [0.25, 0.3) is 17.0 Å². The predicted molar refractivity (Wildman–Crippen MR) is 86.9 cm³/mol. The lowest BCUT2D eigenvalue weighted by atomic mass is 10.3. The maximum Gasteiger partial charge on any atom is 0.143 e. The quantitative estimate of drug-likeness (QED) is 0.636. The van der Waals surface area contributed by atoms with Gasteiger partial charge in [0.1, 0.15) is 21.7 Å². The first-order valence-corrected chi connectivity index (χ1v) is 7.68. The maximum absolute atomic E-state index is 6.23. The molecule has 0 radical (unpaired) electrons. The topological polar surface area (TPSA) is 39.4 Å². The summed E-state index contributed by atoms with van der Waals surface area (Å²) >= 11 is 9.60. The lowest BCUT2D eigenvalue weighted by molar-refractivity contribution is 0.242. The van der Waals surface area contributed by atoms with E-state index in [1.54, 1.807) is 6.20 Å². The van der Waals surface area contributed by atoms with Crippen molar-refractivity contribution in [3.05, 3.63) is 46.3 Å². The van der Waals surface area contributed by atoms with Crippen molar-refractivity contribution in [1.29, 1.82) is 0 Å². The molecule has 108 valence electrons. The summed E-state index contributed by atoms with van der Waals surface area (Å²) in [6, 6.07) is 7.56. The number of aromatic nitrogens is 3. The number of fused-ring (bicyclic) bond motifs is 1. The van der Waals surface area contributed by atoms with Crippen molar-refractivity contribution in [3.63, 3.8) is 0 Å². The lowest BCUT2D eigenvalue weighted by Crippen LogP contribution is -2.06. The Morgan fingerprint density at radius 3 is 2.71 bits per heavy atom. The summed E-state index contributed by atoms with van der Waals surface area (Å²) in [6.07, 6.45) is 3.75. The Labute approximate surface area is 135 Å². The van der Waals surface area contributed by atoms with Crippen molar-refractivity contribution in [2.24, 2.45) is 0 Å². The van der Waals surface area contributed by atoms with Crippen LogP contribution in [0.4, 0.5) is 0 Å². The number of pyridine rings is 2. The van der Waals surface area contributed by atoms with Crippen LogP contribution < -0.4 is 4.74 Å². The minimum Gasteiger partial charge on any atom is -0.489 e. The molecule has 3 heterocycles. The first kappa shape index (κ1) is 14.4. The Morgan fingerprint density at radius 2 is 2.00 bits per heavy atom. The highest BCUT2D eigenvalue weighted by molar-refractivity contribution is 9.10. The van der Waals surface area contributed by atoms with Gasteiger partial charge in [0.25, 0.3) is 0 Å². The van der Waals surface area contributed by atoms with Crippen LogP contribution in [0, 0.1) is 0 Å². The second kappa shape index (κ2) is 5.66. The summed E-state index contributed by atoms with van der Waals surface area (Å²) in [4.78, 5) is 8.98. The first-order chi connectivity index (χ1) is 10.0. The zero-order valence-electron chi connectivity index (χ0n) is 11.5. The normalized spacial score (nSPS) is 11.3. The van der Waals surface area contributed by atoms with E-state index in [-0.39, 0.29) is 6.10 Å². The smallest absolute Gasteiger partial charge is 0.143 e. The molecule has 0 aliphatic rings. The molecule has 3 rings (SSSR count). The second-order valence-corrected chi connectivity index (χ2v) is 6.11. The molecule has 0 fully saturated rings. The summed E-state index contributed by atoms with van der Waals surface area (Å²) in [7, 11) is 0. The van der Waals surface area contributed by atoms with Gasteiger partial charge in [0.05, 0.1) is 16.8 Å². The highest BCUT2D eigenvalue weighted by Gasteiger charge is 2.11. The molecule has 0 aliphatic carbocycles. The summed E-state index contributed by atoms with van der Waals surface area (Å²) in [5, 5.41) is 0.558.